The Morgan fingerprint density at radius 3 is 2.59 bits per heavy atom. The average molecular weight is 296 g/mol. The smallest absolute Gasteiger partial charge is 0.234 e. The second kappa shape index (κ2) is 4.49. The van der Waals surface area contributed by atoms with Crippen LogP contribution < -0.4 is 4.74 Å². The molecule has 0 aliphatic rings. The third kappa shape index (κ3) is 2.20. The fourth-order valence-electron chi connectivity index (χ4n) is 1.58. The lowest BCUT2D eigenvalue weighted by Crippen LogP contribution is -1.94. The van der Waals surface area contributed by atoms with Crippen LogP contribution in [0.25, 0.3) is 0 Å². The quantitative estimate of drug-likeness (QED) is 0.853. The van der Waals surface area contributed by atoms with Crippen LogP contribution >= 0.6 is 15.9 Å². The molecular formula is C12H14BrN3O. The molecule has 0 unspecified atom stereocenters. The van der Waals surface area contributed by atoms with Gasteiger partial charge in [-0.3, -0.25) is 4.68 Å². The Kier molecular flexibility index (Phi) is 3.19. The van der Waals surface area contributed by atoms with Crippen LogP contribution in [-0.2, 0) is 7.05 Å². The molecule has 0 fully saturated rings. The van der Waals surface area contributed by atoms with Crippen molar-refractivity contribution in [2.45, 2.75) is 20.8 Å². The SMILES string of the molecule is Cc1ccnc(Oc2c(C)nn(C)c2C)c1Br. The van der Waals surface area contributed by atoms with Gasteiger partial charge in [0.15, 0.2) is 5.75 Å². The maximum atomic E-state index is 5.83. The van der Waals surface area contributed by atoms with Crippen molar-refractivity contribution in [2.24, 2.45) is 7.05 Å². The first-order valence-electron chi connectivity index (χ1n) is 5.30. The molecule has 2 aromatic heterocycles. The van der Waals surface area contributed by atoms with E-state index in [1.807, 2.05) is 33.9 Å². The van der Waals surface area contributed by atoms with E-state index in [1.54, 1.807) is 10.9 Å². The standard InChI is InChI=1S/C12H14BrN3O/c1-7-5-6-14-12(10(7)13)17-11-8(2)15-16(4)9(11)3/h5-6H,1-4H3. The van der Waals surface area contributed by atoms with Crippen molar-refractivity contribution < 1.29 is 4.74 Å². The summed E-state index contributed by atoms with van der Waals surface area (Å²) >= 11 is 3.48. The molecule has 0 bridgehead atoms. The summed E-state index contributed by atoms with van der Waals surface area (Å²) in [5.41, 5.74) is 2.94. The first-order valence-corrected chi connectivity index (χ1v) is 6.09. The van der Waals surface area contributed by atoms with Gasteiger partial charge >= 0.3 is 0 Å². The Balaban J connectivity index is 2.41. The maximum Gasteiger partial charge on any atom is 0.234 e. The molecule has 2 rings (SSSR count). The molecular weight excluding hydrogens is 282 g/mol. The van der Waals surface area contributed by atoms with Gasteiger partial charge in [0.25, 0.3) is 0 Å². The average Bonchev–Trinajstić information content (AvgIpc) is 2.51. The largest absolute Gasteiger partial charge is 0.434 e. The van der Waals surface area contributed by atoms with E-state index in [9.17, 15) is 0 Å². The molecule has 0 atom stereocenters. The number of hydrogen-bond donors (Lipinski definition) is 0. The van der Waals surface area contributed by atoms with Crippen LogP contribution in [0.1, 0.15) is 17.0 Å². The van der Waals surface area contributed by atoms with Crippen LogP contribution in [0.3, 0.4) is 0 Å². The van der Waals surface area contributed by atoms with Crippen molar-refractivity contribution >= 4 is 15.9 Å². The summed E-state index contributed by atoms with van der Waals surface area (Å²) in [5, 5.41) is 4.31. The number of aryl methyl sites for hydroxylation is 3. The highest BCUT2D eigenvalue weighted by atomic mass is 79.9. The molecule has 90 valence electrons. The second-order valence-electron chi connectivity index (χ2n) is 3.97. The summed E-state index contributed by atoms with van der Waals surface area (Å²) in [5.74, 6) is 1.34. The molecule has 0 aliphatic carbocycles. The lowest BCUT2D eigenvalue weighted by atomic mass is 10.3. The van der Waals surface area contributed by atoms with Gasteiger partial charge in [0.1, 0.15) is 5.69 Å². The van der Waals surface area contributed by atoms with Gasteiger partial charge in [-0.1, -0.05) is 0 Å². The van der Waals surface area contributed by atoms with Crippen molar-refractivity contribution in [3.63, 3.8) is 0 Å². The number of halogens is 1. The zero-order chi connectivity index (χ0) is 12.6. The summed E-state index contributed by atoms with van der Waals surface area (Å²) in [4.78, 5) is 4.22. The lowest BCUT2D eigenvalue weighted by Gasteiger charge is -2.08. The van der Waals surface area contributed by atoms with E-state index in [-0.39, 0.29) is 0 Å². The molecule has 0 saturated heterocycles. The zero-order valence-corrected chi connectivity index (χ0v) is 11.9. The maximum absolute atomic E-state index is 5.83. The van der Waals surface area contributed by atoms with E-state index >= 15 is 0 Å². The summed E-state index contributed by atoms with van der Waals surface area (Å²) in [6.45, 7) is 5.90. The molecule has 2 aromatic rings. The van der Waals surface area contributed by atoms with Crippen LogP contribution in [0.5, 0.6) is 11.6 Å². The number of pyridine rings is 1. The number of ether oxygens (including phenoxy) is 1. The Hall–Kier alpha value is -1.36. The van der Waals surface area contributed by atoms with Gasteiger partial charge in [-0.2, -0.15) is 5.10 Å². The molecule has 0 radical (unpaired) electrons. The molecule has 4 nitrogen and oxygen atoms in total. The van der Waals surface area contributed by atoms with Crippen LogP contribution in [0.2, 0.25) is 0 Å². The molecule has 5 heteroatoms. The fraction of sp³-hybridized carbons (Fsp3) is 0.333. The minimum atomic E-state index is 0.573. The number of hydrogen-bond acceptors (Lipinski definition) is 3. The summed E-state index contributed by atoms with van der Waals surface area (Å²) in [7, 11) is 1.90. The Bertz CT molecular complexity index is 563. The van der Waals surface area contributed by atoms with Crippen LogP contribution in [0.15, 0.2) is 16.7 Å². The van der Waals surface area contributed by atoms with E-state index in [4.69, 9.17) is 4.74 Å². The topological polar surface area (TPSA) is 39.9 Å². The van der Waals surface area contributed by atoms with Gasteiger partial charge in [0.05, 0.1) is 10.2 Å². The predicted molar refractivity (Wildman–Crippen MR) is 69.4 cm³/mol. The van der Waals surface area contributed by atoms with Crippen molar-refractivity contribution in [1.29, 1.82) is 0 Å². The van der Waals surface area contributed by atoms with Crippen molar-refractivity contribution in [3.05, 3.63) is 33.7 Å². The highest BCUT2D eigenvalue weighted by Gasteiger charge is 2.14. The normalized spacial score (nSPS) is 10.6. The van der Waals surface area contributed by atoms with Crippen LogP contribution in [0.4, 0.5) is 0 Å². The third-order valence-electron chi connectivity index (χ3n) is 2.69. The molecule has 0 amide bonds. The van der Waals surface area contributed by atoms with Crippen molar-refractivity contribution in [2.75, 3.05) is 0 Å². The minimum absolute atomic E-state index is 0.573. The van der Waals surface area contributed by atoms with E-state index in [0.717, 1.165) is 27.2 Å². The molecule has 0 N–H and O–H groups in total. The van der Waals surface area contributed by atoms with Gasteiger partial charge in [-0.05, 0) is 48.3 Å². The Morgan fingerprint density at radius 1 is 1.29 bits per heavy atom. The molecule has 0 saturated carbocycles. The van der Waals surface area contributed by atoms with Crippen molar-refractivity contribution in [3.8, 4) is 11.6 Å². The predicted octanol–water partition coefficient (Wildman–Crippen LogP) is 3.30. The van der Waals surface area contributed by atoms with E-state index in [2.05, 4.69) is 26.0 Å². The van der Waals surface area contributed by atoms with Crippen LogP contribution in [-0.4, -0.2) is 14.8 Å². The van der Waals surface area contributed by atoms with Gasteiger partial charge in [-0.15, -0.1) is 0 Å². The molecule has 2 heterocycles. The lowest BCUT2D eigenvalue weighted by molar-refractivity contribution is 0.451. The molecule has 0 aliphatic heterocycles. The molecule has 0 spiro atoms. The monoisotopic (exact) mass is 295 g/mol. The van der Waals surface area contributed by atoms with Gasteiger partial charge in [0, 0.05) is 13.2 Å². The Morgan fingerprint density at radius 2 is 2.00 bits per heavy atom. The number of nitrogens with zero attached hydrogens (tertiary/aromatic N) is 3. The van der Waals surface area contributed by atoms with Crippen LogP contribution in [0, 0.1) is 20.8 Å². The second-order valence-corrected chi connectivity index (χ2v) is 4.77. The fourth-order valence-corrected chi connectivity index (χ4v) is 1.90. The highest BCUT2D eigenvalue weighted by Crippen LogP contribution is 2.32. The summed E-state index contributed by atoms with van der Waals surface area (Å²) < 4.78 is 8.51. The first kappa shape index (κ1) is 12.1. The van der Waals surface area contributed by atoms with Crippen molar-refractivity contribution in [1.82, 2.24) is 14.8 Å². The van der Waals surface area contributed by atoms with Gasteiger partial charge in [-0.25, -0.2) is 4.98 Å². The van der Waals surface area contributed by atoms with Gasteiger partial charge < -0.3 is 4.74 Å². The third-order valence-corrected chi connectivity index (χ3v) is 3.66. The van der Waals surface area contributed by atoms with E-state index in [1.165, 1.54) is 0 Å². The van der Waals surface area contributed by atoms with Gasteiger partial charge in [0.2, 0.25) is 5.88 Å². The number of rotatable bonds is 2. The molecule has 0 aromatic carbocycles. The Labute approximate surface area is 109 Å². The minimum Gasteiger partial charge on any atom is -0.434 e. The first-order chi connectivity index (χ1) is 8.00. The van der Waals surface area contributed by atoms with E-state index < -0.39 is 0 Å². The summed E-state index contributed by atoms with van der Waals surface area (Å²) in [6.07, 6.45) is 1.73. The molecule has 17 heavy (non-hydrogen) atoms. The highest BCUT2D eigenvalue weighted by molar-refractivity contribution is 9.10. The number of aromatic nitrogens is 3. The van der Waals surface area contributed by atoms with E-state index in [0.29, 0.717) is 5.88 Å². The summed E-state index contributed by atoms with van der Waals surface area (Å²) in [6, 6.07) is 1.93. The zero-order valence-electron chi connectivity index (χ0n) is 10.3.